The van der Waals surface area contributed by atoms with Crippen LogP contribution < -0.4 is 11.1 Å². The van der Waals surface area contributed by atoms with Gasteiger partial charge in [-0.2, -0.15) is 0 Å². The molecule has 0 bridgehead atoms. The van der Waals surface area contributed by atoms with Gasteiger partial charge in [0.2, 0.25) is 11.8 Å². The SMILES string of the molecule is Cc1noc(NC(=O)Cc2ccccc2N)c1C. The number of nitrogens with zero attached hydrogens (tertiary/aromatic N) is 1. The summed E-state index contributed by atoms with van der Waals surface area (Å²) in [7, 11) is 0. The highest BCUT2D eigenvalue weighted by Crippen LogP contribution is 2.18. The fourth-order valence-corrected chi connectivity index (χ4v) is 1.57. The first kappa shape index (κ1) is 12.2. The average molecular weight is 245 g/mol. The highest BCUT2D eigenvalue weighted by Gasteiger charge is 2.12. The molecule has 0 saturated heterocycles. The maximum atomic E-state index is 11.8. The number of carbonyl (C=O) groups excluding carboxylic acids is 1. The third-order valence-corrected chi connectivity index (χ3v) is 2.82. The van der Waals surface area contributed by atoms with Crippen LogP contribution in [-0.2, 0) is 11.2 Å². The zero-order chi connectivity index (χ0) is 13.1. The Morgan fingerprint density at radius 1 is 1.39 bits per heavy atom. The Morgan fingerprint density at radius 3 is 2.72 bits per heavy atom. The molecular formula is C13H15N3O2. The summed E-state index contributed by atoms with van der Waals surface area (Å²) in [4.78, 5) is 11.8. The first-order valence-corrected chi connectivity index (χ1v) is 5.64. The van der Waals surface area contributed by atoms with Crippen LogP contribution in [0.3, 0.4) is 0 Å². The molecular weight excluding hydrogens is 230 g/mol. The Labute approximate surface area is 105 Å². The average Bonchev–Trinajstić information content (AvgIpc) is 2.64. The molecule has 0 aliphatic heterocycles. The molecule has 2 rings (SSSR count). The van der Waals surface area contributed by atoms with Gasteiger partial charge in [-0.1, -0.05) is 23.4 Å². The molecule has 0 aliphatic rings. The topological polar surface area (TPSA) is 81.2 Å². The number of para-hydroxylation sites is 1. The number of hydrogen-bond donors (Lipinski definition) is 2. The lowest BCUT2D eigenvalue weighted by molar-refractivity contribution is -0.115. The zero-order valence-corrected chi connectivity index (χ0v) is 10.4. The van der Waals surface area contributed by atoms with E-state index in [1.807, 2.05) is 32.0 Å². The molecule has 0 radical (unpaired) electrons. The molecule has 1 amide bonds. The molecule has 2 aromatic rings. The molecule has 1 aromatic carbocycles. The first-order valence-electron chi connectivity index (χ1n) is 5.64. The monoisotopic (exact) mass is 245 g/mol. The Kier molecular flexibility index (Phi) is 3.32. The van der Waals surface area contributed by atoms with Crippen molar-refractivity contribution in [1.82, 2.24) is 5.16 Å². The number of hydrogen-bond acceptors (Lipinski definition) is 4. The fourth-order valence-electron chi connectivity index (χ4n) is 1.57. The smallest absolute Gasteiger partial charge is 0.234 e. The van der Waals surface area contributed by atoms with Gasteiger partial charge in [0.05, 0.1) is 12.1 Å². The van der Waals surface area contributed by atoms with E-state index in [9.17, 15) is 4.79 Å². The van der Waals surface area contributed by atoms with Gasteiger partial charge < -0.3 is 10.3 Å². The molecule has 0 aliphatic carbocycles. The van der Waals surface area contributed by atoms with Crippen molar-refractivity contribution in [3.8, 4) is 0 Å². The molecule has 0 fully saturated rings. The molecule has 5 heteroatoms. The number of rotatable bonds is 3. The summed E-state index contributed by atoms with van der Waals surface area (Å²) in [6.07, 6.45) is 0.214. The zero-order valence-electron chi connectivity index (χ0n) is 10.4. The van der Waals surface area contributed by atoms with Crippen molar-refractivity contribution in [2.75, 3.05) is 11.1 Å². The van der Waals surface area contributed by atoms with Gasteiger partial charge in [-0.3, -0.25) is 10.1 Å². The Bertz CT molecular complexity index is 575. The van der Waals surface area contributed by atoms with Crippen LogP contribution >= 0.6 is 0 Å². The number of nitrogens with two attached hydrogens (primary N) is 1. The minimum Gasteiger partial charge on any atom is -0.398 e. The lowest BCUT2D eigenvalue weighted by Gasteiger charge is -2.05. The summed E-state index contributed by atoms with van der Waals surface area (Å²) < 4.78 is 5.02. The van der Waals surface area contributed by atoms with Gasteiger partial charge in [0.25, 0.3) is 0 Å². The van der Waals surface area contributed by atoms with Crippen molar-refractivity contribution in [3.05, 3.63) is 41.1 Å². The molecule has 3 N–H and O–H groups in total. The molecule has 94 valence electrons. The predicted molar refractivity (Wildman–Crippen MR) is 69.2 cm³/mol. The number of nitrogen functional groups attached to an aromatic ring is 1. The Morgan fingerprint density at radius 2 is 2.11 bits per heavy atom. The van der Waals surface area contributed by atoms with Crippen LogP contribution in [0.2, 0.25) is 0 Å². The highest BCUT2D eigenvalue weighted by molar-refractivity contribution is 5.92. The van der Waals surface area contributed by atoms with E-state index >= 15 is 0 Å². The number of aromatic nitrogens is 1. The van der Waals surface area contributed by atoms with Gasteiger partial charge in [-0.25, -0.2) is 0 Å². The maximum Gasteiger partial charge on any atom is 0.234 e. The molecule has 0 saturated carbocycles. The fraction of sp³-hybridized carbons (Fsp3) is 0.231. The summed E-state index contributed by atoms with van der Waals surface area (Å²) in [6.45, 7) is 3.67. The number of aryl methyl sites for hydroxylation is 1. The molecule has 18 heavy (non-hydrogen) atoms. The lowest BCUT2D eigenvalue weighted by Crippen LogP contribution is -2.15. The van der Waals surface area contributed by atoms with Gasteiger partial charge in [0.1, 0.15) is 0 Å². The van der Waals surface area contributed by atoms with E-state index < -0.39 is 0 Å². The summed E-state index contributed by atoms with van der Waals surface area (Å²) in [5.74, 6) is 0.221. The van der Waals surface area contributed by atoms with Gasteiger partial charge in [-0.15, -0.1) is 0 Å². The van der Waals surface area contributed by atoms with Crippen LogP contribution in [0.4, 0.5) is 11.6 Å². The van der Waals surface area contributed by atoms with Crippen LogP contribution in [0, 0.1) is 13.8 Å². The minimum absolute atomic E-state index is 0.174. The summed E-state index contributed by atoms with van der Waals surface area (Å²) >= 11 is 0. The minimum atomic E-state index is -0.174. The number of anilines is 2. The molecule has 0 spiro atoms. The molecule has 1 heterocycles. The van der Waals surface area contributed by atoms with Crippen molar-refractivity contribution >= 4 is 17.5 Å². The molecule has 0 atom stereocenters. The van der Waals surface area contributed by atoms with Crippen molar-refractivity contribution < 1.29 is 9.32 Å². The van der Waals surface area contributed by atoms with Gasteiger partial charge in [0.15, 0.2) is 0 Å². The summed E-state index contributed by atoms with van der Waals surface area (Å²) in [6, 6.07) is 7.28. The standard InChI is InChI=1S/C13H15N3O2/c1-8-9(2)16-18-13(8)15-12(17)7-10-5-3-4-6-11(10)14/h3-6H,7,14H2,1-2H3,(H,15,17). The normalized spacial score (nSPS) is 10.3. The second-order valence-corrected chi connectivity index (χ2v) is 4.15. The lowest BCUT2D eigenvalue weighted by atomic mass is 10.1. The van der Waals surface area contributed by atoms with Gasteiger partial charge in [-0.05, 0) is 25.5 Å². The number of carbonyl (C=O) groups is 1. The quantitative estimate of drug-likeness (QED) is 0.811. The third kappa shape index (κ3) is 2.51. The third-order valence-electron chi connectivity index (χ3n) is 2.82. The van der Waals surface area contributed by atoms with Crippen LogP contribution in [0.15, 0.2) is 28.8 Å². The largest absolute Gasteiger partial charge is 0.398 e. The van der Waals surface area contributed by atoms with E-state index in [2.05, 4.69) is 10.5 Å². The van der Waals surface area contributed by atoms with Crippen molar-refractivity contribution in [2.24, 2.45) is 0 Å². The Balaban J connectivity index is 2.06. The molecule has 1 aromatic heterocycles. The molecule has 5 nitrogen and oxygen atoms in total. The number of nitrogens with one attached hydrogen (secondary N) is 1. The second-order valence-electron chi connectivity index (χ2n) is 4.15. The summed E-state index contributed by atoms with van der Waals surface area (Å²) in [5.41, 5.74) is 8.79. The predicted octanol–water partition coefficient (Wildman–Crippen LogP) is 2.05. The van der Waals surface area contributed by atoms with Crippen molar-refractivity contribution in [3.63, 3.8) is 0 Å². The van der Waals surface area contributed by atoms with Crippen LogP contribution in [0.1, 0.15) is 16.8 Å². The number of benzene rings is 1. The van der Waals surface area contributed by atoms with Crippen molar-refractivity contribution in [1.29, 1.82) is 0 Å². The van der Waals surface area contributed by atoms with Crippen LogP contribution in [0.25, 0.3) is 0 Å². The highest BCUT2D eigenvalue weighted by atomic mass is 16.5. The second kappa shape index (κ2) is 4.91. The van der Waals surface area contributed by atoms with Gasteiger partial charge >= 0.3 is 0 Å². The van der Waals surface area contributed by atoms with E-state index in [1.54, 1.807) is 6.07 Å². The van der Waals surface area contributed by atoms with Gasteiger partial charge in [0, 0.05) is 11.3 Å². The van der Waals surface area contributed by atoms with Crippen molar-refractivity contribution in [2.45, 2.75) is 20.3 Å². The summed E-state index contributed by atoms with van der Waals surface area (Å²) in [5, 5.41) is 6.46. The van der Waals surface area contributed by atoms with E-state index in [0.717, 1.165) is 16.8 Å². The Hall–Kier alpha value is -2.30. The van der Waals surface area contributed by atoms with Crippen LogP contribution in [0.5, 0.6) is 0 Å². The maximum absolute atomic E-state index is 11.8. The number of amides is 1. The van der Waals surface area contributed by atoms with E-state index in [-0.39, 0.29) is 12.3 Å². The first-order chi connectivity index (χ1) is 8.58. The van der Waals surface area contributed by atoms with E-state index in [0.29, 0.717) is 11.6 Å². The van der Waals surface area contributed by atoms with E-state index in [4.69, 9.17) is 10.3 Å². The molecule has 0 unspecified atom stereocenters. The van der Waals surface area contributed by atoms with E-state index in [1.165, 1.54) is 0 Å². The van der Waals surface area contributed by atoms with Crippen LogP contribution in [-0.4, -0.2) is 11.1 Å².